The smallest absolute Gasteiger partial charge is 0.136 e. The van der Waals surface area contributed by atoms with E-state index in [0.29, 0.717) is 0 Å². The summed E-state index contributed by atoms with van der Waals surface area (Å²) in [6.45, 7) is 4.67. The molecule has 59 heavy (non-hydrogen) atoms. The molecule has 0 atom stereocenters. The lowest BCUT2D eigenvalue weighted by atomic mass is 9.81. The number of benzene rings is 10. The predicted molar refractivity (Wildman–Crippen MR) is 247 cm³/mol. The molecule has 276 valence electrons. The van der Waals surface area contributed by atoms with Gasteiger partial charge in [-0.15, -0.1) is 0 Å². The second-order valence-electron chi connectivity index (χ2n) is 16.8. The SMILES string of the molecule is CC1(C)c2ccccc2-c2ccc(-c3ccc4oc5cc6c(cc5c4c3)oc3ccc(-c4ccccc4-c4ccc5c7ccccc7c7ccccc7c5c4)cc36)cc21. The van der Waals surface area contributed by atoms with E-state index in [9.17, 15) is 0 Å². The Morgan fingerprint density at radius 3 is 1.31 bits per heavy atom. The van der Waals surface area contributed by atoms with E-state index in [4.69, 9.17) is 8.83 Å². The van der Waals surface area contributed by atoms with Gasteiger partial charge in [0.25, 0.3) is 0 Å². The summed E-state index contributed by atoms with van der Waals surface area (Å²) in [6, 6.07) is 66.5. The van der Waals surface area contributed by atoms with Crippen molar-refractivity contribution in [3.8, 4) is 44.5 Å². The lowest BCUT2D eigenvalue weighted by Crippen LogP contribution is -2.14. The normalized spacial score (nSPS) is 13.4. The Kier molecular flexibility index (Phi) is 6.54. The van der Waals surface area contributed by atoms with Crippen molar-refractivity contribution in [3.63, 3.8) is 0 Å². The Morgan fingerprint density at radius 1 is 0.271 bits per heavy atom. The number of hydrogen-bond acceptors (Lipinski definition) is 2. The van der Waals surface area contributed by atoms with Gasteiger partial charge in [0.05, 0.1) is 0 Å². The van der Waals surface area contributed by atoms with Crippen LogP contribution in [0.4, 0.5) is 0 Å². The van der Waals surface area contributed by atoms with Gasteiger partial charge in [-0.3, -0.25) is 0 Å². The highest BCUT2D eigenvalue weighted by Crippen LogP contribution is 2.50. The highest BCUT2D eigenvalue weighted by Gasteiger charge is 2.35. The van der Waals surface area contributed by atoms with Crippen LogP contribution in [0.3, 0.4) is 0 Å². The van der Waals surface area contributed by atoms with Crippen molar-refractivity contribution in [1.82, 2.24) is 0 Å². The molecule has 2 heterocycles. The van der Waals surface area contributed by atoms with Crippen molar-refractivity contribution < 1.29 is 8.83 Å². The molecule has 1 aliphatic carbocycles. The molecule has 0 N–H and O–H groups in total. The predicted octanol–water partition coefficient (Wildman–Crippen LogP) is 16.3. The van der Waals surface area contributed by atoms with E-state index < -0.39 is 0 Å². The Morgan fingerprint density at radius 2 is 0.678 bits per heavy atom. The van der Waals surface area contributed by atoms with E-state index in [2.05, 4.69) is 196 Å². The van der Waals surface area contributed by atoms with Crippen LogP contribution >= 0.6 is 0 Å². The van der Waals surface area contributed by atoms with Crippen molar-refractivity contribution in [2.45, 2.75) is 19.3 Å². The van der Waals surface area contributed by atoms with Crippen molar-refractivity contribution in [2.75, 3.05) is 0 Å². The fourth-order valence-corrected chi connectivity index (χ4v) is 10.3. The molecule has 2 heteroatoms. The Bertz CT molecular complexity index is 3730. The lowest BCUT2D eigenvalue weighted by molar-refractivity contribution is 0.660. The van der Waals surface area contributed by atoms with Crippen molar-refractivity contribution in [1.29, 1.82) is 0 Å². The van der Waals surface area contributed by atoms with Crippen LogP contribution in [-0.2, 0) is 5.41 Å². The molecule has 0 aliphatic heterocycles. The van der Waals surface area contributed by atoms with Crippen LogP contribution in [0.5, 0.6) is 0 Å². The Hall–Kier alpha value is -7.42. The van der Waals surface area contributed by atoms with E-state index in [-0.39, 0.29) is 5.41 Å². The third-order valence-corrected chi connectivity index (χ3v) is 13.3. The van der Waals surface area contributed by atoms with Crippen LogP contribution in [0.25, 0.3) is 121 Å². The average Bonchev–Trinajstić information content (AvgIpc) is 3.91. The van der Waals surface area contributed by atoms with Crippen LogP contribution in [0, 0.1) is 0 Å². The average molecular weight is 753 g/mol. The molecular formula is C57H36O2. The highest BCUT2D eigenvalue weighted by atomic mass is 16.3. The first-order chi connectivity index (χ1) is 29.0. The second-order valence-corrected chi connectivity index (χ2v) is 16.8. The maximum atomic E-state index is 6.59. The van der Waals surface area contributed by atoms with E-state index in [1.165, 1.54) is 82.4 Å². The summed E-state index contributed by atoms with van der Waals surface area (Å²) in [5.41, 5.74) is 16.0. The molecule has 0 amide bonds. The maximum absolute atomic E-state index is 6.59. The second kappa shape index (κ2) is 11.8. The van der Waals surface area contributed by atoms with Gasteiger partial charge in [0, 0.05) is 27.0 Å². The Balaban J connectivity index is 0.915. The van der Waals surface area contributed by atoms with Gasteiger partial charge in [0.1, 0.15) is 22.3 Å². The summed E-state index contributed by atoms with van der Waals surface area (Å²) in [4.78, 5) is 0. The van der Waals surface area contributed by atoms with Gasteiger partial charge in [-0.1, -0.05) is 147 Å². The zero-order valence-corrected chi connectivity index (χ0v) is 32.6. The summed E-state index contributed by atoms with van der Waals surface area (Å²) < 4.78 is 13.1. The van der Waals surface area contributed by atoms with E-state index >= 15 is 0 Å². The fourth-order valence-electron chi connectivity index (χ4n) is 10.3. The van der Waals surface area contributed by atoms with Crippen LogP contribution < -0.4 is 0 Å². The van der Waals surface area contributed by atoms with Crippen molar-refractivity contribution in [3.05, 3.63) is 193 Å². The highest BCUT2D eigenvalue weighted by molar-refractivity contribution is 6.26. The first-order valence-corrected chi connectivity index (χ1v) is 20.5. The van der Waals surface area contributed by atoms with Crippen LogP contribution in [0.1, 0.15) is 25.0 Å². The summed E-state index contributed by atoms with van der Waals surface area (Å²) in [6.07, 6.45) is 0. The lowest BCUT2D eigenvalue weighted by Gasteiger charge is -2.22. The quantitative estimate of drug-likeness (QED) is 0.168. The minimum atomic E-state index is -0.0509. The van der Waals surface area contributed by atoms with E-state index in [1.807, 2.05) is 0 Å². The standard InChI is InChI=1S/C57H36O2/c1-57(2)51-18-10-9-17-44(51)45-24-19-34(30-52(45)57)33-21-25-53-47(27-33)49-31-56-50(32-55(49)58-53)48-29-36(22-26-54(48)59-56)38-12-4-3-11-37(38)35-20-23-43-41-15-6-5-13-39(41)40-14-7-8-16-42(40)46(43)28-35/h3-32H,1-2H3. The van der Waals surface area contributed by atoms with Crippen molar-refractivity contribution in [2.24, 2.45) is 0 Å². The first kappa shape index (κ1) is 32.6. The van der Waals surface area contributed by atoms with Crippen LogP contribution in [0.2, 0.25) is 0 Å². The van der Waals surface area contributed by atoms with E-state index in [0.717, 1.165) is 49.4 Å². The van der Waals surface area contributed by atoms with Gasteiger partial charge in [-0.05, 0) is 136 Å². The summed E-state index contributed by atoms with van der Waals surface area (Å²) in [5.74, 6) is 0. The van der Waals surface area contributed by atoms with Gasteiger partial charge in [0.2, 0.25) is 0 Å². The number of fused-ring (bicyclic) bond motifs is 15. The zero-order valence-electron chi connectivity index (χ0n) is 32.6. The van der Waals surface area contributed by atoms with Gasteiger partial charge < -0.3 is 8.83 Å². The summed E-state index contributed by atoms with van der Waals surface area (Å²) >= 11 is 0. The molecule has 1 aliphatic rings. The molecule has 0 unspecified atom stereocenters. The maximum Gasteiger partial charge on any atom is 0.136 e. The number of hydrogen-bond donors (Lipinski definition) is 0. The molecule has 2 aromatic heterocycles. The molecule has 0 fully saturated rings. The molecule has 12 aromatic rings. The molecule has 0 spiro atoms. The number of rotatable bonds is 3. The van der Waals surface area contributed by atoms with Crippen LogP contribution in [0.15, 0.2) is 191 Å². The third kappa shape index (κ3) is 4.63. The third-order valence-electron chi connectivity index (χ3n) is 13.3. The molecule has 2 nitrogen and oxygen atoms in total. The topological polar surface area (TPSA) is 26.3 Å². The molecule has 0 radical (unpaired) electrons. The summed E-state index contributed by atoms with van der Waals surface area (Å²) in [7, 11) is 0. The minimum Gasteiger partial charge on any atom is -0.456 e. The number of furan rings is 2. The van der Waals surface area contributed by atoms with Gasteiger partial charge in [-0.25, -0.2) is 0 Å². The molecular weight excluding hydrogens is 717 g/mol. The summed E-state index contributed by atoms with van der Waals surface area (Å²) in [5, 5.41) is 12.0. The minimum absolute atomic E-state index is 0.0509. The molecule has 0 saturated heterocycles. The Labute approximate surface area is 340 Å². The molecule has 0 bridgehead atoms. The van der Waals surface area contributed by atoms with Crippen molar-refractivity contribution >= 4 is 76.2 Å². The largest absolute Gasteiger partial charge is 0.456 e. The van der Waals surface area contributed by atoms with E-state index in [1.54, 1.807) is 0 Å². The molecule has 10 aromatic carbocycles. The molecule has 13 rings (SSSR count). The van der Waals surface area contributed by atoms with Gasteiger partial charge in [-0.2, -0.15) is 0 Å². The van der Waals surface area contributed by atoms with Crippen LogP contribution in [-0.4, -0.2) is 0 Å². The monoisotopic (exact) mass is 752 g/mol. The zero-order chi connectivity index (χ0) is 39.0. The molecule has 0 saturated carbocycles. The fraction of sp³-hybridized carbons (Fsp3) is 0.0526. The van der Waals surface area contributed by atoms with Gasteiger partial charge in [0.15, 0.2) is 0 Å². The first-order valence-electron chi connectivity index (χ1n) is 20.5. The van der Waals surface area contributed by atoms with Gasteiger partial charge >= 0.3 is 0 Å².